The van der Waals surface area contributed by atoms with Gasteiger partial charge in [0.25, 0.3) is 0 Å². The fourth-order valence-corrected chi connectivity index (χ4v) is 1.43. The summed E-state index contributed by atoms with van der Waals surface area (Å²) in [7, 11) is 0. The number of benzene rings is 1. The van der Waals surface area contributed by atoms with Crippen molar-refractivity contribution < 1.29 is 4.92 Å². The summed E-state index contributed by atoms with van der Waals surface area (Å²) in [5.74, 6) is 0. The summed E-state index contributed by atoms with van der Waals surface area (Å²) in [6.07, 6.45) is 0. The van der Waals surface area contributed by atoms with Crippen molar-refractivity contribution in [3.63, 3.8) is 0 Å². The van der Waals surface area contributed by atoms with Gasteiger partial charge in [0.05, 0.1) is 4.92 Å². The number of hydrogen-bond acceptors (Lipinski definition) is 6. The number of rotatable bonds is 1. The number of fused-ring (bicyclic) bond motifs is 3. The van der Waals surface area contributed by atoms with Gasteiger partial charge in [0.2, 0.25) is 0 Å². The van der Waals surface area contributed by atoms with Gasteiger partial charge in [-0.25, -0.2) is 0 Å². The molecule has 2 aromatic heterocycles. The van der Waals surface area contributed by atoms with E-state index in [-0.39, 0.29) is 11.2 Å². The third-order valence-electron chi connectivity index (χ3n) is 2.06. The minimum absolute atomic E-state index is 0.139. The molecule has 15 heavy (non-hydrogen) atoms. The van der Waals surface area contributed by atoms with Crippen LogP contribution in [0.4, 0.5) is 5.69 Å². The Morgan fingerprint density at radius 3 is 2.53 bits per heavy atom. The molecule has 74 valence electrons. The lowest BCUT2D eigenvalue weighted by atomic mass is 10.2. The topological polar surface area (TPSA) is 126 Å². The van der Waals surface area contributed by atoms with E-state index in [9.17, 15) is 10.1 Å². The van der Waals surface area contributed by atoms with Crippen molar-refractivity contribution in [2.75, 3.05) is 0 Å². The number of nitro groups is 1. The predicted octanol–water partition coefficient (Wildman–Crippen LogP) is 0.137. The quantitative estimate of drug-likeness (QED) is 0.429. The van der Waals surface area contributed by atoms with Gasteiger partial charge < -0.3 is 0 Å². The van der Waals surface area contributed by atoms with E-state index in [2.05, 4.69) is 30.8 Å². The second-order valence-corrected chi connectivity index (χ2v) is 2.86. The Morgan fingerprint density at radius 1 is 1.07 bits per heavy atom. The minimum Gasteiger partial charge on any atom is -0.258 e. The van der Waals surface area contributed by atoms with Gasteiger partial charge in [-0.1, -0.05) is 0 Å². The van der Waals surface area contributed by atoms with E-state index in [0.29, 0.717) is 16.6 Å². The summed E-state index contributed by atoms with van der Waals surface area (Å²) < 4.78 is 0. The van der Waals surface area contributed by atoms with Gasteiger partial charge in [-0.15, -0.1) is 5.10 Å². The molecular weight excluding hydrogens is 202 g/mol. The highest BCUT2D eigenvalue weighted by atomic mass is 16.6. The summed E-state index contributed by atoms with van der Waals surface area (Å²) in [4.78, 5) is 10.2. The van der Waals surface area contributed by atoms with Crippen molar-refractivity contribution in [3.05, 3.63) is 16.2 Å². The van der Waals surface area contributed by atoms with E-state index in [1.54, 1.807) is 0 Å². The summed E-state index contributed by atoms with van der Waals surface area (Å²) in [5, 5.41) is 30.6. The molecule has 0 fully saturated rings. The van der Waals surface area contributed by atoms with E-state index in [0.717, 1.165) is 0 Å². The van der Waals surface area contributed by atoms with Gasteiger partial charge in [-0.05, 0) is 0 Å². The van der Waals surface area contributed by atoms with Crippen LogP contribution in [0.5, 0.6) is 0 Å². The fraction of sp³-hybridized carbons (Fsp3) is 0. The zero-order chi connectivity index (χ0) is 10.4. The molecule has 0 amide bonds. The number of non-ortho nitro benzene ring substituents is 1. The van der Waals surface area contributed by atoms with E-state index in [1.165, 1.54) is 6.07 Å². The van der Waals surface area contributed by atoms with Gasteiger partial charge >= 0.3 is 5.69 Å². The van der Waals surface area contributed by atoms with Crippen molar-refractivity contribution in [1.82, 2.24) is 30.8 Å². The maximum Gasteiger partial charge on any atom is 0.301 e. The monoisotopic (exact) mass is 205 g/mol. The Kier molecular flexibility index (Phi) is 1.28. The lowest BCUT2D eigenvalue weighted by Gasteiger charge is -1.90. The van der Waals surface area contributed by atoms with Crippen LogP contribution in [0.1, 0.15) is 0 Å². The maximum absolute atomic E-state index is 10.7. The van der Waals surface area contributed by atoms with Crippen molar-refractivity contribution >= 4 is 27.8 Å². The molecule has 0 atom stereocenters. The van der Waals surface area contributed by atoms with Crippen molar-refractivity contribution in [2.45, 2.75) is 0 Å². The Hall–Kier alpha value is -2.58. The zero-order valence-corrected chi connectivity index (χ0v) is 7.13. The Balaban J connectivity index is 2.59. The standard InChI is InChI=1S/C6H3N7O2/c14-13(15)3-1-2-4(8-11-7-2)6-5(3)9-12-10-6/h1H,(H,7,8,11)(H,9,10,12). The molecule has 9 heteroatoms. The van der Waals surface area contributed by atoms with Crippen LogP contribution in [0.2, 0.25) is 0 Å². The SMILES string of the molecule is O=[N+]([O-])c1cc2n[nH]nc2c2n[nH]nc12. The number of nitrogens with one attached hydrogen (secondary N) is 2. The normalized spacial score (nSPS) is 11.2. The number of H-pyrrole nitrogens is 2. The van der Waals surface area contributed by atoms with Crippen LogP contribution in [-0.4, -0.2) is 35.7 Å². The summed E-state index contributed by atoms with van der Waals surface area (Å²) in [6, 6.07) is 1.31. The van der Waals surface area contributed by atoms with Gasteiger partial charge in [0, 0.05) is 6.07 Å². The molecule has 3 rings (SSSR count). The van der Waals surface area contributed by atoms with Crippen LogP contribution in [0, 0.1) is 10.1 Å². The molecule has 0 bridgehead atoms. The molecule has 0 saturated carbocycles. The fourth-order valence-electron chi connectivity index (χ4n) is 1.43. The predicted molar refractivity (Wildman–Crippen MR) is 48.0 cm³/mol. The molecule has 3 aromatic rings. The van der Waals surface area contributed by atoms with Gasteiger partial charge in [0.15, 0.2) is 5.52 Å². The van der Waals surface area contributed by atoms with E-state index < -0.39 is 4.92 Å². The number of nitrogens with zero attached hydrogens (tertiary/aromatic N) is 5. The molecule has 1 aromatic carbocycles. The number of aromatic nitrogens is 6. The molecule has 0 spiro atoms. The first-order valence-electron chi connectivity index (χ1n) is 3.95. The molecule has 0 saturated heterocycles. The first-order chi connectivity index (χ1) is 7.27. The van der Waals surface area contributed by atoms with Crippen molar-refractivity contribution in [2.24, 2.45) is 0 Å². The largest absolute Gasteiger partial charge is 0.301 e. The Bertz CT molecular complexity index is 668. The van der Waals surface area contributed by atoms with E-state index >= 15 is 0 Å². The van der Waals surface area contributed by atoms with Crippen LogP contribution >= 0.6 is 0 Å². The Morgan fingerprint density at radius 2 is 1.73 bits per heavy atom. The summed E-state index contributed by atoms with van der Waals surface area (Å²) in [6.45, 7) is 0. The molecule has 9 nitrogen and oxygen atoms in total. The van der Waals surface area contributed by atoms with Gasteiger partial charge in [0.1, 0.15) is 16.6 Å². The molecule has 0 aliphatic rings. The van der Waals surface area contributed by atoms with E-state index in [4.69, 9.17) is 0 Å². The number of aromatic amines is 2. The highest BCUT2D eigenvalue weighted by Crippen LogP contribution is 2.27. The molecular formula is C6H3N7O2. The summed E-state index contributed by atoms with van der Waals surface area (Å²) in [5.41, 5.74) is 1.24. The van der Waals surface area contributed by atoms with Gasteiger partial charge in [-0.2, -0.15) is 25.7 Å². The first kappa shape index (κ1) is 7.79. The number of nitro benzene ring substituents is 1. The lowest BCUT2D eigenvalue weighted by Crippen LogP contribution is -1.90. The van der Waals surface area contributed by atoms with Crippen LogP contribution in [0.25, 0.3) is 22.1 Å². The highest BCUT2D eigenvalue weighted by Gasteiger charge is 2.20. The molecule has 0 aliphatic heterocycles. The maximum atomic E-state index is 10.7. The smallest absolute Gasteiger partial charge is 0.258 e. The third-order valence-corrected chi connectivity index (χ3v) is 2.06. The average Bonchev–Trinajstić information content (AvgIpc) is 2.83. The summed E-state index contributed by atoms with van der Waals surface area (Å²) >= 11 is 0. The molecule has 0 radical (unpaired) electrons. The Labute approximate surface area is 80.6 Å². The second kappa shape index (κ2) is 2.47. The van der Waals surface area contributed by atoms with E-state index in [1.807, 2.05) is 0 Å². The van der Waals surface area contributed by atoms with Crippen molar-refractivity contribution in [3.8, 4) is 0 Å². The van der Waals surface area contributed by atoms with Crippen molar-refractivity contribution in [1.29, 1.82) is 0 Å². The average molecular weight is 205 g/mol. The van der Waals surface area contributed by atoms with Crippen LogP contribution < -0.4 is 0 Å². The van der Waals surface area contributed by atoms with Crippen LogP contribution in [0.15, 0.2) is 6.07 Å². The minimum atomic E-state index is -0.529. The third kappa shape index (κ3) is 0.907. The molecule has 2 N–H and O–H groups in total. The zero-order valence-electron chi connectivity index (χ0n) is 7.13. The van der Waals surface area contributed by atoms with Crippen LogP contribution in [0.3, 0.4) is 0 Å². The number of hydrogen-bond donors (Lipinski definition) is 2. The van der Waals surface area contributed by atoms with Gasteiger partial charge in [-0.3, -0.25) is 10.1 Å². The molecule has 2 heterocycles. The van der Waals surface area contributed by atoms with Crippen LogP contribution in [-0.2, 0) is 0 Å². The highest BCUT2D eigenvalue weighted by molar-refractivity contribution is 6.03. The first-order valence-corrected chi connectivity index (χ1v) is 3.95. The molecule has 0 aliphatic carbocycles. The second-order valence-electron chi connectivity index (χ2n) is 2.86. The lowest BCUT2D eigenvalue weighted by molar-refractivity contribution is -0.383. The molecule has 0 unspecified atom stereocenters.